The van der Waals surface area contributed by atoms with Crippen LogP contribution < -0.4 is 9.47 Å². The highest BCUT2D eigenvalue weighted by Gasteiger charge is 2.20. The average molecular weight is 280 g/mol. The van der Waals surface area contributed by atoms with Crippen molar-refractivity contribution in [3.63, 3.8) is 0 Å². The lowest BCUT2D eigenvalue weighted by Crippen LogP contribution is -1.97. The molecule has 0 radical (unpaired) electrons. The predicted octanol–water partition coefficient (Wildman–Crippen LogP) is 2.08. The Labute approximate surface area is 111 Å². The zero-order chi connectivity index (χ0) is 14.7. The van der Waals surface area contributed by atoms with Crippen LogP contribution in [0.4, 0.5) is 5.69 Å². The normalized spacial score (nSPS) is 10.1. The molecule has 0 aliphatic carbocycles. The molecular weight excluding hydrogens is 272 g/mol. The van der Waals surface area contributed by atoms with Crippen molar-refractivity contribution in [2.75, 3.05) is 7.11 Å². The van der Waals surface area contributed by atoms with Crippen LogP contribution in [0.15, 0.2) is 28.9 Å². The van der Waals surface area contributed by atoms with Crippen LogP contribution in [0, 0.1) is 10.1 Å². The van der Waals surface area contributed by atoms with Crippen LogP contribution in [0.2, 0.25) is 0 Å². The van der Waals surface area contributed by atoms with E-state index in [0.29, 0.717) is 5.75 Å². The summed E-state index contributed by atoms with van der Waals surface area (Å²) < 4.78 is 14.8. The van der Waals surface area contributed by atoms with Gasteiger partial charge in [0.2, 0.25) is 5.75 Å². The molecular formula is C11H8N2O7. The molecule has 0 atom stereocenters. The molecule has 2 rings (SSSR count). The van der Waals surface area contributed by atoms with Crippen molar-refractivity contribution in [3.05, 3.63) is 40.3 Å². The molecule has 0 saturated carbocycles. The number of benzene rings is 1. The van der Waals surface area contributed by atoms with Crippen LogP contribution in [-0.4, -0.2) is 28.1 Å². The van der Waals surface area contributed by atoms with Crippen LogP contribution >= 0.6 is 0 Å². The first-order valence-electron chi connectivity index (χ1n) is 5.20. The summed E-state index contributed by atoms with van der Waals surface area (Å²) >= 11 is 0. The number of carboxylic acid groups (broad SMARTS) is 1. The predicted molar refractivity (Wildman–Crippen MR) is 63.2 cm³/mol. The van der Waals surface area contributed by atoms with Crippen LogP contribution in [0.25, 0.3) is 0 Å². The second-order valence-corrected chi connectivity index (χ2v) is 3.50. The molecule has 0 unspecified atom stereocenters. The molecule has 0 spiro atoms. The smallest absolute Gasteiger partial charge is 0.400 e. The number of nitrogens with zero attached hydrogens (tertiary/aromatic N) is 2. The number of ether oxygens (including phenoxy) is 2. The Kier molecular flexibility index (Phi) is 3.51. The Bertz CT molecular complexity index is 665. The summed E-state index contributed by atoms with van der Waals surface area (Å²) in [6, 6.07) is 3.85. The van der Waals surface area contributed by atoms with Crippen molar-refractivity contribution < 1.29 is 28.7 Å². The van der Waals surface area contributed by atoms with E-state index in [4.69, 9.17) is 19.0 Å². The first-order chi connectivity index (χ1) is 9.51. The maximum absolute atomic E-state index is 10.9. The molecule has 9 nitrogen and oxygen atoms in total. The number of oxazole rings is 1. The van der Waals surface area contributed by atoms with Crippen LogP contribution in [-0.2, 0) is 0 Å². The summed E-state index contributed by atoms with van der Waals surface area (Å²) in [6.07, 6.45) is 0.447. The Balaban J connectivity index is 2.35. The van der Waals surface area contributed by atoms with E-state index in [1.165, 1.54) is 25.3 Å². The molecule has 2 aromatic rings. The number of nitro groups is 1. The van der Waals surface area contributed by atoms with Gasteiger partial charge in [0, 0.05) is 12.1 Å². The fraction of sp³-hybridized carbons (Fsp3) is 0.0909. The molecule has 20 heavy (non-hydrogen) atoms. The maximum atomic E-state index is 10.9. The fourth-order valence-corrected chi connectivity index (χ4v) is 1.35. The number of aromatic nitrogens is 1. The number of carbonyl (C=O) groups is 1. The third-order valence-electron chi connectivity index (χ3n) is 2.26. The lowest BCUT2D eigenvalue weighted by atomic mass is 10.3. The van der Waals surface area contributed by atoms with Crippen LogP contribution in [0.3, 0.4) is 0 Å². The number of rotatable bonds is 5. The fourth-order valence-electron chi connectivity index (χ4n) is 1.35. The Hall–Kier alpha value is -3.10. The third-order valence-corrected chi connectivity index (χ3v) is 2.26. The number of nitro benzene ring substituents is 1. The van der Waals surface area contributed by atoms with Crippen molar-refractivity contribution in [2.24, 2.45) is 0 Å². The second kappa shape index (κ2) is 5.26. The molecule has 104 valence electrons. The van der Waals surface area contributed by atoms with Crippen molar-refractivity contribution in [1.29, 1.82) is 0 Å². The zero-order valence-electron chi connectivity index (χ0n) is 10.1. The quantitative estimate of drug-likeness (QED) is 0.651. The van der Waals surface area contributed by atoms with Gasteiger partial charge in [-0.25, -0.2) is 4.79 Å². The van der Waals surface area contributed by atoms with Crippen LogP contribution in [0.1, 0.15) is 10.5 Å². The Morgan fingerprint density at radius 3 is 2.80 bits per heavy atom. The summed E-state index contributed by atoms with van der Waals surface area (Å²) in [5.41, 5.74) is -0.702. The van der Waals surface area contributed by atoms with Crippen molar-refractivity contribution in [1.82, 2.24) is 4.98 Å². The maximum Gasteiger partial charge on any atom is 0.400 e. The van der Waals surface area contributed by atoms with Gasteiger partial charge < -0.3 is 19.0 Å². The minimum absolute atomic E-state index is 0.173. The number of carboxylic acids is 1. The molecule has 0 aliphatic rings. The standard InChI is InChI=1S/C11H8N2O7/c1-18-6-2-3-8(13(16)17)9(4-6)20-11-12-7(5-19-11)10(14)15/h2-5H,1H3,(H,14,15). The van der Waals surface area contributed by atoms with E-state index >= 15 is 0 Å². The van der Waals surface area contributed by atoms with Crippen LogP contribution in [0.5, 0.6) is 17.6 Å². The number of methoxy groups -OCH3 is 1. The molecule has 0 amide bonds. The minimum Gasteiger partial charge on any atom is -0.497 e. The Morgan fingerprint density at radius 1 is 1.50 bits per heavy atom. The van der Waals surface area contributed by atoms with Gasteiger partial charge in [-0.2, -0.15) is 4.98 Å². The molecule has 0 bridgehead atoms. The van der Waals surface area contributed by atoms with Gasteiger partial charge in [0.15, 0.2) is 5.69 Å². The summed E-state index contributed by atoms with van der Waals surface area (Å²) in [7, 11) is 1.39. The zero-order valence-corrected chi connectivity index (χ0v) is 10.1. The van der Waals surface area contributed by atoms with Gasteiger partial charge in [-0.15, -0.1) is 0 Å². The van der Waals surface area contributed by atoms with E-state index < -0.39 is 17.0 Å². The van der Waals surface area contributed by atoms with E-state index in [2.05, 4.69) is 4.98 Å². The minimum atomic E-state index is -1.30. The highest BCUT2D eigenvalue weighted by Crippen LogP contribution is 2.34. The molecule has 0 fully saturated rings. The summed E-state index contributed by atoms with van der Waals surface area (Å²) in [5, 5.41) is 19.5. The van der Waals surface area contributed by atoms with Gasteiger partial charge in [0.05, 0.1) is 12.0 Å². The van der Waals surface area contributed by atoms with E-state index in [9.17, 15) is 14.9 Å². The van der Waals surface area contributed by atoms with Crippen molar-refractivity contribution in [2.45, 2.75) is 0 Å². The summed E-state index contributed by atoms with van der Waals surface area (Å²) in [6.45, 7) is 0. The van der Waals surface area contributed by atoms with Gasteiger partial charge in [0.1, 0.15) is 12.0 Å². The highest BCUT2D eigenvalue weighted by molar-refractivity contribution is 5.84. The Morgan fingerprint density at radius 2 is 2.25 bits per heavy atom. The molecule has 0 aliphatic heterocycles. The molecule has 1 N–H and O–H groups in total. The van der Waals surface area contributed by atoms with E-state index in [1.807, 2.05) is 0 Å². The van der Waals surface area contributed by atoms with E-state index in [-0.39, 0.29) is 17.1 Å². The molecule has 1 aromatic carbocycles. The monoisotopic (exact) mass is 280 g/mol. The van der Waals surface area contributed by atoms with Gasteiger partial charge in [0.25, 0.3) is 0 Å². The highest BCUT2D eigenvalue weighted by atomic mass is 16.6. The largest absolute Gasteiger partial charge is 0.497 e. The first kappa shape index (κ1) is 13.3. The van der Waals surface area contributed by atoms with Gasteiger partial charge in [-0.3, -0.25) is 10.1 Å². The lowest BCUT2D eigenvalue weighted by molar-refractivity contribution is -0.385. The third kappa shape index (κ3) is 2.66. The van der Waals surface area contributed by atoms with E-state index in [0.717, 1.165) is 6.26 Å². The molecule has 1 heterocycles. The van der Waals surface area contributed by atoms with Gasteiger partial charge >= 0.3 is 17.7 Å². The van der Waals surface area contributed by atoms with Crippen molar-refractivity contribution >= 4 is 11.7 Å². The SMILES string of the molecule is COc1ccc([N+](=O)[O-])c(Oc2nc(C(=O)O)co2)c1. The van der Waals surface area contributed by atoms with Gasteiger partial charge in [-0.1, -0.05) is 0 Å². The second-order valence-electron chi connectivity index (χ2n) is 3.50. The lowest BCUT2D eigenvalue weighted by Gasteiger charge is -2.04. The number of aromatic carboxylic acids is 1. The van der Waals surface area contributed by atoms with E-state index in [1.54, 1.807) is 0 Å². The molecule has 0 saturated heterocycles. The molecule has 1 aromatic heterocycles. The number of hydrogen-bond donors (Lipinski definition) is 1. The molecule has 9 heteroatoms. The average Bonchev–Trinajstić information content (AvgIpc) is 2.87. The van der Waals surface area contributed by atoms with Crippen molar-refractivity contribution in [3.8, 4) is 17.6 Å². The van der Waals surface area contributed by atoms with Gasteiger partial charge in [-0.05, 0) is 6.07 Å². The first-order valence-corrected chi connectivity index (χ1v) is 5.20. The summed E-state index contributed by atoms with van der Waals surface area (Å²) in [5.74, 6) is -1.15. The number of hydrogen-bond acceptors (Lipinski definition) is 7. The topological polar surface area (TPSA) is 125 Å². The summed E-state index contributed by atoms with van der Waals surface area (Å²) in [4.78, 5) is 24.4.